The van der Waals surface area contributed by atoms with E-state index in [4.69, 9.17) is 4.74 Å². The summed E-state index contributed by atoms with van der Waals surface area (Å²) in [6, 6.07) is 3.66. The van der Waals surface area contributed by atoms with Crippen LogP contribution in [0.25, 0.3) is 0 Å². The van der Waals surface area contributed by atoms with Crippen molar-refractivity contribution >= 4 is 6.29 Å². The lowest BCUT2D eigenvalue weighted by molar-refractivity contribution is 0.101. The number of aromatic nitrogens is 1. The second-order valence-electron chi connectivity index (χ2n) is 3.67. The summed E-state index contributed by atoms with van der Waals surface area (Å²) in [5.74, 6) is 0. The van der Waals surface area contributed by atoms with Gasteiger partial charge in [-0.25, -0.2) is 0 Å². The van der Waals surface area contributed by atoms with Crippen LogP contribution in [0, 0.1) is 0 Å². The lowest BCUT2D eigenvalue weighted by Gasteiger charge is -2.27. The lowest BCUT2D eigenvalue weighted by atomic mass is 10.1. The minimum Gasteiger partial charge on any atom is -0.382 e. The van der Waals surface area contributed by atoms with Gasteiger partial charge in [-0.05, 0) is 26.0 Å². The molecule has 0 unspecified atom stereocenters. The van der Waals surface area contributed by atoms with Gasteiger partial charge in [0, 0.05) is 13.3 Å². The Morgan fingerprint density at radius 2 is 2.31 bits per heavy atom. The first-order valence-corrected chi connectivity index (χ1v) is 4.24. The van der Waals surface area contributed by atoms with E-state index >= 15 is 0 Å². The molecule has 0 amide bonds. The van der Waals surface area contributed by atoms with E-state index in [0.717, 1.165) is 6.29 Å². The van der Waals surface area contributed by atoms with Crippen molar-refractivity contribution in [3.63, 3.8) is 0 Å². The number of rotatable bonds is 4. The molecule has 0 radical (unpaired) electrons. The van der Waals surface area contributed by atoms with Gasteiger partial charge in [-0.1, -0.05) is 0 Å². The van der Waals surface area contributed by atoms with Crippen molar-refractivity contribution in [1.29, 1.82) is 0 Å². The largest absolute Gasteiger partial charge is 0.382 e. The van der Waals surface area contributed by atoms with Crippen LogP contribution in [0.3, 0.4) is 0 Å². The van der Waals surface area contributed by atoms with Crippen molar-refractivity contribution in [2.24, 2.45) is 0 Å². The molecule has 0 aliphatic heterocycles. The van der Waals surface area contributed by atoms with Gasteiger partial charge in [-0.3, -0.25) is 4.79 Å². The molecule has 0 aliphatic carbocycles. The summed E-state index contributed by atoms with van der Waals surface area (Å²) in [7, 11) is 1.66. The quantitative estimate of drug-likeness (QED) is 0.662. The van der Waals surface area contributed by atoms with Crippen LogP contribution in [-0.2, 0) is 10.3 Å². The summed E-state index contributed by atoms with van der Waals surface area (Å²) >= 11 is 0. The van der Waals surface area contributed by atoms with Gasteiger partial charge in [0.2, 0.25) is 0 Å². The Morgan fingerprint density at radius 1 is 1.62 bits per heavy atom. The average molecular weight is 181 g/mol. The molecule has 1 heterocycles. The highest BCUT2D eigenvalue weighted by molar-refractivity contribution is 5.72. The van der Waals surface area contributed by atoms with Crippen LogP contribution in [0.15, 0.2) is 18.3 Å². The number of nitrogens with zero attached hydrogens (tertiary/aromatic N) is 1. The van der Waals surface area contributed by atoms with Gasteiger partial charge >= 0.3 is 0 Å². The average Bonchev–Trinajstić information content (AvgIpc) is 2.51. The van der Waals surface area contributed by atoms with Crippen LogP contribution in [0.4, 0.5) is 0 Å². The van der Waals surface area contributed by atoms with E-state index in [1.165, 1.54) is 0 Å². The van der Waals surface area contributed by atoms with Gasteiger partial charge < -0.3 is 9.30 Å². The first-order valence-electron chi connectivity index (χ1n) is 4.24. The third-order valence-corrected chi connectivity index (χ3v) is 2.05. The Labute approximate surface area is 78.3 Å². The maximum absolute atomic E-state index is 10.7. The van der Waals surface area contributed by atoms with E-state index in [2.05, 4.69) is 0 Å². The zero-order chi connectivity index (χ0) is 9.90. The molecular weight excluding hydrogens is 166 g/mol. The number of ether oxygens (including phenoxy) is 1. The number of carbonyl (C=O) groups is 1. The molecule has 1 aromatic heterocycles. The van der Waals surface area contributed by atoms with Crippen LogP contribution in [0.5, 0.6) is 0 Å². The fourth-order valence-corrected chi connectivity index (χ4v) is 1.46. The molecule has 3 nitrogen and oxygen atoms in total. The Bertz CT molecular complexity index is 289. The van der Waals surface area contributed by atoms with Crippen molar-refractivity contribution in [3.8, 4) is 0 Å². The first kappa shape index (κ1) is 9.99. The summed E-state index contributed by atoms with van der Waals surface area (Å²) in [6.07, 6.45) is 2.75. The number of carbonyl (C=O) groups excluding carboxylic acids is 1. The minimum atomic E-state index is -0.172. The summed E-state index contributed by atoms with van der Waals surface area (Å²) in [5, 5.41) is 0. The predicted octanol–water partition coefficient (Wildman–Crippen LogP) is 1.68. The molecule has 13 heavy (non-hydrogen) atoms. The van der Waals surface area contributed by atoms with Gasteiger partial charge in [0.1, 0.15) is 0 Å². The maximum Gasteiger partial charge on any atom is 0.166 e. The lowest BCUT2D eigenvalue weighted by Crippen LogP contribution is -2.32. The Hall–Kier alpha value is -1.09. The third kappa shape index (κ3) is 1.98. The van der Waals surface area contributed by atoms with Gasteiger partial charge in [0.15, 0.2) is 6.29 Å². The monoisotopic (exact) mass is 181 g/mol. The van der Waals surface area contributed by atoms with E-state index in [0.29, 0.717) is 12.3 Å². The number of aldehydes is 1. The highest BCUT2D eigenvalue weighted by Gasteiger charge is 2.21. The minimum absolute atomic E-state index is 0.172. The predicted molar refractivity (Wildman–Crippen MR) is 51.0 cm³/mol. The van der Waals surface area contributed by atoms with E-state index in [1.54, 1.807) is 13.2 Å². The second-order valence-corrected chi connectivity index (χ2v) is 3.67. The second kappa shape index (κ2) is 3.75. The van der Waals surface area contributed by atoms with Crippen molar-refractivity contribution < 1.29 is 9.53 Å². The SMILES string of the molecule is COCC(C)(C)n1cccc1C=O. The van der Waals surface area contributed by atoms with Crippen molar-refractivity contribution in [3.05, 3.63) is 24.0 Å². The third-order valence-electron chi connectivity index (χ3n) is 2.05. The Balaban J connectivity index is 2.98. The van der Waals surface area contributed by atoms with Crippen LogP contribution in [0.1, 0.15) is 24.3 Å². The number of methoxy groups -OCH3 is 1. The topological polar surface area (TPSA) is 31.2 Å². The van der Waals surface area contributed by atoms with E-state index in [9.17, 15) is 4.79 Å². The number of hydrogen-bond donors (Lipinski definition) is 0. The van der Waals surface area contributed by atoms with Crippen molar-refractivity contribution in [1.82, 2.24) is 4.57 Å². The zero-order valence-electron chi connectivity index (χ0n) is 8.28. The fraction of sp³-hybridized carbons (Fsp3) is 0.500. The molecule has 0 bridgehead atoms. The van der Waals surface area contributed by atoms with Crippen molar-refractivity contribution in [2.45, 2.75) is 19.4 Å². The summed E-state index contributed by atoms with van der Waals surface area (Å²) in [5.41, 5.74) is 0.510. The van der Waals surface area contributed by atoms with E-state index in [1.807, 2.05) is 30.7 Å². The molecule has 0 saturated heterocycles. The smallest absolute Gasteiger partial charge is 0.166 e. The van der Waals surface area contributed by atoms with Gasteiger partial charge in [-0.15, -0.1) is 0 Å². The van der Waals surface area contributed by atoms with Gasteiger partial charge in [-0.2, -0.15) is 0 Å². The molecule has 0 fully saturated rings. The van der Waals surface area contributed by atoms with Crippen LogP contribution >= 0.6 is 0 Å². The standard InChI is InChI=1S/C10H15NO2/c1-10(2,8-13-3)11-6-4-5-9(11)7-12/h4-7H,8H2,1-3H3. The molecule has 72 valence electrons. The van der Waals surface area contributed by atoms with Crippen LogP contribution in [0.2, 0.25) is 0 Å². The molecule has 0 atom stereocenters. The molecule has 0 aliphatic rings. The molecule has 0 aromatic carbocycles. The molecule has 0 spiro atoms. The first-order chi connectivity index (χ1) is 6.11. The van der Waals surface area contributed by atoms with E-state index in [-0.39, 0.29) is 5.54 Å². The Kier molecular flexibility index (Phi) is 2.88. The highest BCUT2D eigenvalue weighted by Crippen LogP contribution is 2.17. The molecular formula is C10H15NO2. The maximum atomic E-state index is 10.7. The zero-order valence-corrected chi connectivity index (χ0v) is 8.28. The number of hydrogen-bond acceptors (Lipinski definition) is 2. The van der Waals surface area contributed by atoms with Crippen LogP contribution < -0.4 is 0 Å². The van der Waals surface area contributed by atoms with Crippen LogP contribution in [-0.4, -0.2) is 24.6 Å². The van der Waals surface area contributed by atoms with Gasteiger partial charge in [0.25, 0.3) is 0 Å². The Morgan fingerprint density at radius 3 is 2.85 bits per heavy atom. The fourth-order valence-electron chi connectivity index (χ4n) is 1.46. The summed E-state index contributed by atoms with van der Waals surface area (Å²) in [4.78, 5) is 10.7. The molecule has 0 N–H and O–H groups in total. The normalized spacial score (nSPS) is 11.6. The highest BCUT2D eigenvalue weighted by atomic mass is 16.5. The summed E-state index contributed by atoms with van der Waals surface area (Å²) in [6.45, 7) is 4.65. The van der Waals surface area contributed by atoms with E-state index < -0.39 is 0 Å². The molecule has 3 heteroatoms. The molecule has 1 rings (SSSR count). The summed E-state index contributed by atoms with van der Waals surface area (Å²) < 4.78 is 7.01. The van der Waals surface area contributed by atoms with Crippen molar-refractivity contribution in [2.75, 3.05) is 13.7 Å². The molecule has 1 aromatic rings. The molecule has 0 saturated carbocycles. The van der Waals surface area contributed by atoms with Gasteiger partial charge in [0.05, 0.1) is 17.8 Å².